The molecule has 7 aromatic carbocycles. The summed E-state index contributed by atoms with van der Waals surface area (Å²) in [5.41, 5.74) is 4.89. The Bertz CT molecular complexity index is 2100. The first-order chi connectivity index (χ1) is 17.3. The van der Waals surface area contributed by atoms with E-state index in [2.05, 4.69) is 126 Å². The highest BCUT2D eigenvalue weighted by atomic mass is 14.7. The molecule has 0 radical (unpaired) electrons. The van der Waals surface area contributed by atoms with E-state index in [9.17, 15) is 0 Å². The third-order valence-corrected chi connectivity index (χ3v) is 7.52. The zero-order valence-electron chi connectivity index (χ0n) is 19.0. The van der Waals surface area contributed by atoms with Gasteiger partial charge in [-0.3, -0.25) is 0 Å². The molecule has 8 rings (SSSR count). The van der Waals surface area contributed by atoms with Crippen LogP contribution in [0.1, 0.15) is 0 Å². The lowest BCUT2D eigenvalue weighted by atomic mass is 9.89. The third kappa shape index (κ3) is 2.64. The highest BCUT2D eigenvalue weighted by Crippen LogP contribution is 2.43. The molecule has 1 nitrogen and oxygen atoms in total. The van der Waals surface area contributed by atoms with Crippen LogP contribution in [-0.4, -0.2) is 4.98 Å². The molecule has 0 fully saturated rings. The molecule has 0 saturated heterocycles. The number of fused-ring (bicyclic) bond motifs is 10. The Morgan fingerprint density at radius 2 is 1.06 bits per heavy atom. The van der Waals surface area contributed by atoms with Crippen LogP contribution in [0.25, 0.3) is 76.0 Å². The molecular formula is C34H21N. The summed E-state index contributed by atoms with van der Waals surface area (Å²) < 4.78 is 0. The number of H-pyrrole nitrogens is 1. The van der Waals surface area contributed by atoms with E-state index in [1.807, 2.05) is 0 Å². The smallest absolute Gasteiger partial charge is 0.0471 e. The summed E-state index contributed by atoms with van der Waals surface area (Å²) in [6.45, 7) is 0. The maximum absolute atomic E-state index is 3.72. The first-order valence-electron chi connectivity index (χ1n) is 12.1. The van der Waals surface area contributed by atoms with Gasteiger partial charge in [-0.15, -0.1) is 0 Å². The Labute approximate surface area is 202 Å². The van der Waals surface area contributed by atoms with Gasteiger partial charge in [0, 0.05) is 27.2 Å². The fourth-order valence-electron chi connectivity index (χ4n) is 5.94. The number of rotatable bonds is 1. The van der Waals surface area contributed by atoms with Gasteiger partial charge < -0.3 is 4.98 Å². The molecule has 0 bridgehead atoms. The van der Waals surface area contributed by atoms with Crippen LogP contribution in [0.3, 0.4) is 0 Å². The lowest BCUT2D eigenvalue weighted by Gasteiger charge is -2.14. The second kappa shape index (κ2) is 6.94. The lowest BCUT2D eigenvalue weighted by molar-refractivity contribution is 1.56. The molecule has 0 atom stereocenters. The van der Waals surface area contributed by atoms with Crippen LogP contribution in [0, 0.1) is 0 Å². The minimum atomic E-state index is 1.18. The van der Waals surface area contributed by atoms with Crippen molar-refractivity contribution in [3.8, 4) is 11.1 Å². The molecule has 1 heterocycles. The molecule has 162 valence electrons. The van der Waals surface area contributed by atoms with Gasteiger partial charge in [0.05, 0.1) is 0 Å². The standard InChI is InChI=1S/C34H21N/c1-2-8-21(9-3-1)28-20-25-18-23-11-4-5-12-24(23)19-29(25)32-27(28)15-17-31-34(32)33-26-13-7-6-10-22(26)14-16-30(33)35-31/h1-20,35H. The molecule has 0 spiro atoms. The molecule has 0 aliphatic carbocycles. The van der Waals surface area contributed by atoms with Gasteiger partial charge in [0.1, 0.15) is 0 Å². The number of aromatic nitrogens is 1. The Kier molecular flexibility index (Phi) is 3.72. The van der Waals surface area contributed by atoms with E-state index in [4.69, 9.17) is 0 Å². The van der Waals surface area contributed by atoms with Crippen LogP contribution in [-0.2, 0) is 0 Å². The minimum absolute atomic E-state index is 1.18. The molecule has 1 aromatic heterocycles. The topological polar surface area (TPSA) is 15.8 Å². The maximum Gasteiger partial charge on any atom is 0.0471 e. The molecule has 1 heteroatoms. The van der Waals surface area contributed by atoms with Crippen molar-refractivity contribution in [2.45, 2.75) is 0 Å². The highest BCUT2D eigenvalue weighted by molar-refractivity contribution is 6.34. The predicted octanol–water partition coefficient (Wildman–Crippen LogP) is 9.60. The Morgan fingerprint density at radius 3 is 1.91 bits per heavy atom. The number of benzene rings is 7. The first kappa shape index (κ1) is 18.8. The van der Waals surface area contributed by atoms with Crippen LogP contribution in [0.5, 0.6) is 0 Å². The average molecular weight is 444 g/mol. The van der Waals surface area contributed by atoms with Crippen molar-refractivity contribution in [1.82, 2.24) is 4.98 Å². The van der Waals surface area contributed by atoms with E-state index in [-0.39, 0.29) is 0 Å². The average Bonchev–Trinajstić information content (AvgIpc) is 3.31. The second-order valence-corrected chi connectivity index (χ2v) is 9.46. The largest absolute Gasteiger partial charge is 0.354 e. The number of aromatic amines is 1. The van der Waals surface area contributed by atoms with E-state index in [1.165, 1.54) is 76.0 Å². The SMILES string of the molecule is c1ccc(-c2cc3cc4ccccc4cc3c3c2ccc2[nH]c4ccc5ccccc5c4c23)cc1. The van der Waals surface area contributed by atoms with Crippen molar-refractivity contribution in [1.29, 1.82) is 0 Å². The van der Waals surface area contributed by atoms with Crippen molar-refractivity contribution < 1.29 is 0 Å². The summed E-state index contributed by atoms with van der Waals surface area (Å²) in [4.78, 5) is 3.72. The number of hydrogen-bond donors (Lipinski definition) is 1. The van der Waals surface area contributed by atoms with Crippen molar-refractivity contribution >= 4 is 64.9 Å². The van der Waals surface area contributed by atoms with Gasteiger partial charge in [-0.2, -0.15) is 0 Å². The second-order valence-electron chi connectivity index (χ2n) is 9.46. The zero-order chi connectivity index (χ0) is 22.9. The van der Waals surface area contributed by atoms with Crippen LogP contribution < -0.4 is 0 Å². The van der Waals surface area contributed by atoms with E-state index in [0.29, 0.717) is 0 Å². The van der Waals surface area contributed by atoms with Crippen molar-refractivity contribution in [2.24, 2.45) is 0 Å². The third-order valence-electron chi connectivity index (χ3n) is 7.52. The van der Waals surface area contributed by atoms with Crippen molar-refractivity contribution in [2.75, 3.05) is 0 Å². The first-order valence-corrected chi connectivity index (χ1v) is 12.1. The summed E-state index contributed by atoms with van der Waals surface area (Å²) in [5.74, 6) is 0. The van der Waals surface area contributed by atoms with Crippen LogP contribution in [0.2, 0.25) is 0 Å². The van der Waals surface area contributed by atoms with Crippen molar-refractivity contribution in [3.63, 3.8) is 0 Å². The van der Waals surface area contributed by atoms with Crippen LogP contribution >= 0.6 is 0 Å². The van der Waals surface area contributed by atoms with E-state index < -0.39 is 0 Å². The summed E-state index contributed by atoms with van der Waals surface area (Å²) in [6.07, 6.45) is 0. The summed E-state index contributed by atoms with van der Waals surface area (Å²) in [6, 6.07) is 44.3. The Hall–Kier alpha value is -4.62. The maximum atomic E-state index is 3.72. The Morgan fingerprint density at radius 1 is 0.371 bits per heavy atom. The lowest BCUT2D eigenvalue weighted by Crippen LogP contribution is -1.87. The zero-order valence-corrected chi connectivity index (χ0v) is 19.0. The summed E-state index contributed by atoms with van der Waals surface area (Å²) in [7, 11) is 0. The van der Waals surface area contributed by atoms with Gasteiger partial charge in [-0.1, -0.05) is 91.0 Å². The van der Waals surface area contributed by atoms with Gasteiger partial charge in [-0.25, -0.2) is 0 Å². The predicted molar refractivity (Wildman–Crippen MR) is 151 cm³/mol. The van der Waals surface area contributed by atoms with Gasteiger partial charge in [-0.05, 0) is 79.2 Å². The minimum Gasteiger partial charge on any atom is -0.354 e. The van der Waals surface area contributed by atoms with Gasteiger partial charge in [0.15, 0.2) is 0 Å². The monoisotopic (exact) mass is 443 g/mol. The molecule has 0 aliphatic rings. The Balaban J connectivity index is 1.69. The fraction of sp³-hybridized carbons (Fsp3) is 0. The van der Waals surface area contributed by atoms with Crippen molar-refractivity contribution in [3.05, 3.63) is 121 Å². The number of nitrogens with one attached hydrogen (secondary N) is 1. The normalized spacial score (nSPS) is 12.0. The van der Waals surface area contributed by atoms with Crippen LogP contribution in [0.15, 0.2) is 121 Å². The molecule has 35 heavy (non-hydrogen) atoms. The molecule has 8 aromatic rings. The molecule has 0 amide bonds. The molecule has 0 saturated carbocycles. The van der Waals surface area contributed by atoms with E-state index >= 15 is 0 Å². The van der Waals surface area contributed by atoms with E-state index in [0.717, 1.165) is 0 Å². The van der Waals surface area contributed by atoms with Gasteiger partial charge in [0.25, 0.3) is 0 Å². The van der Waals surface area contributed by atoms with E-state index in [1.54, 1.807) is 0 Å². The van der Waals surface area contributed by atoms with Gasteiger partial charge >= 0.3 is 0 Å². The molecule has 0 unspecified atom stereocenters. The highest BCUT2D eigenvalue weighted by Gasteiger charge is 2.17. The van der Waals surface area contributed by atoms with Crippen LogP contribution in [0.4, 0.5) is 0 Å². The van der Waals surface area contributed by atoms with Gasteiger partial charge in [0.2, 0.25) is 0 Å². The fourth-order valence-corrected chi connectivity index (χ4v) is 5.94. The summed E-state index contributed by atoms with van der Waals surface area (Å²) in [5, 5.41) is 12.9. The molecular weight excluding hydrogens is 422 g/mol. The summed E-state index contributed by atoms with van der Waals surface area (Å²) >= 11 is 0. The number of hydrogen-bond acceptors (Lipinski definition) is 0. The molecule has 0 aliphatic heterocycles. The quantitative estimate of drug-likeness (QED) is 0.192. The molecule has 1 N–H and O–H groups in total.